The lowest BCUT2D eigenvalue weighted by Gasteiger charge is -2.20. The van der Waals surface area contributed by atoms with Gasteiger partial charge in [-0.15, -0.1) is 0 Å². The topological polar surface area (TPSA) is 68.0 Å². The zero-order chi connectivity index (χ0) is 13.0. The summed E-state index contributed by atoms with van der Waals surface area (Å²) in [6.45, 7) is 8.08. The number of nitrogen functional groups attached to an aromatic ring is 1. The van der Waals surface area contributed by atoms with E-state index in [1.165, 1.54) is 0 Å². The van der Waals surface area contributed by atoms with Gasteiger partial charge < -0.3 is 11.1 Å². The van der Waals surface area contributed by atoms with E-state index in [2.05, 4.69) is 24.1 Å². The number of nitrogens with zero attached hydrogens (tertiary/aromatic N) is 1. The molecule has 0 saturated carbocycles. The Labute approximate surface area is 103 Å². The van der Waals surface area contributed by atoms with Crippen LogP contribution in [0, 0.1) is 12.8 Å². The summed E-state index contributed by atoms with van der Waals surface area (Å²) in [6.07, 6.45) is 1.04. The van der Waals surface area contributed by atoms with E-state index in [9.17, 15) is 4.79 Å². The third kappa shape index (κ3) is 3.73. The Hall–Kier alpha value is -1.58. The number of nitrogens with two attached hydrogens (primary N) is 1. The predicted octanol–water partition coefficient (Wildman–Crippen LogP) is 2.14. The van der Waals surface area contributed by atoms with Crippen LogP contribution in [-0.4, -0.2) is 16.9 Å². The van der Waals surface area contributed by atoms with Crippen molar-refractivity contribution in [2.24, 2.45) is 5.92 Å². The van der Waals surface area contributed by atoms with Crippen molar-refractivity contribution in [3.8, 4) is 0 Å². The summed E-state index contributed by atoms with van der Waals surface area (Å²) >= 11 is 0. The summed E-state index contributed by atoms with van der Waals surface area (Å²) in [5, 5.41) is 2.98. The summed E-state index contributed by atoms with van der Waals surface area (Å²) in [4.78, 5) is 16.0. The van der Waals surface area contributed by atoms with E-state index in [1.54, 1.807) is 12.1 Å². The van der Waals surface area contributed by atoms with Crippen LogP contribution in [0.5, 0.6) is 0 Å². The third-order valence-corrected chi connectivity index (χ3v) is 3.09. The highest BCUT2D eigenvalue weighted by Gasteiger charge is 2.15. The highest BCUT2D eigenvalue weighted by atomic mass is 16.1. The van der Waals surface area contributed by atoms with Gasteiger partial charge in [0.1, 0.15) is 5.82 Å². The molecule has 17 heavy (non-hydrogen) atoms. The monoisotopic (exact) mass is 235 g/mol. The van der Waals surface area contributed by atoms with Crippen LogP contribution < -0.4 is 11.1 Å². The average molecular weight is 235 g/mol. The molecule has 1 rings (SSSR count). The number of anilines is 1. The molecule has 4 nitrogen and oxygen atoms in total. The molecule has 0 bridgehead atoms. The van der Waals surface area contributed by atoms with Gasteiger partial charge in [-0.25, -0.2) is 4.98 Å². The SMILES string of the molecule is CCC(C)C(C)NC(=O)c1cc(C)nc(N)c1. The molecule has 0 spiro atoms. The van der Waals surface area contributed by atoms with Gasteiger partial charge in [-0.2, -0.15) is 0 Å². The van der Waals surface area contributed by atoms with E-state index in [4.69, 9.17) is 5.73 Å². The number of hydrogen-bond acceptors (Lipinski definition) is 3. The Kier molecular flexibility index (Phi) is 4.49. The van der Waals surface area contributed by atoms with E-state index in [1.807, 2.05) is 13.8 Å². The van der Waals surface area contributed by atoms with Crippen molar-refractivity contribution in [3.05, 3.63) is 23.4 Å². The second-order valence-electron chi connectivity index (χ2n) is 4.57. The number of carbonyl (C=O) groups excluding carboxylic acids is 1. The molecule has 1 aromatic heterocycles. The van der Waals surface area contributed by atoms with Gasteiger partial charge in [-0.1, -0.05) is 20.3 Å². The number of hydrogen-bond donors (Lipinski definition) is 2. The van der Waals surface area contributed by atoms with Gasteiger partial charge in [0.2, 0.25) is 0 Å². The Bertz CT molecular complexity index is 383. The van der Waals surface area contributed by atoms with Gasteiger partial charge in [0.15, 0.2) is 0 Å². The molecule has 0 aromatic carbocycles. The fourth-order valence-electron chi connectivity index (χ4n) is 1.61. The van der Waals surface area contributed by atoms with Crippen LogP contribution in [-0.2, 0) is 0 Å². The van der Waals surface area contributed by atoms with Gasteiger partial charge in [0, 0.05) is 17.3 Å². The lowest BCUT2D eigenvalue weighted by molar-refractivity contribution is 0.0928. The molecular formula is C13H21N3O. The number of aryl methyl sites for hydroxylation is 1. The highest BCUT2D eigenvalue weighted by Crippen LogP contribution is 2.10. The van der Waals surface area contributed by atoms with Crippen LogP contribution in [0.25, 0.3) is 0 Å². The number of nitrogens with one attached hydrogen (secondary N) is 1. The normalized spacial score (nSPS) is 14.1. The molecule has 1 heterocycles. The molecule has 0 saturated heterocycles. The lowest BCUT2D eigenvalue weighted by Crippen LogP contribution is -2.37. The number of amides is 1. The smallest absolute Gasteiger partial charge is 0.251 e. The first kappa shape index (κ1) is 13.5. The van der Waals surface area contributed by atoms with E-state index < -0.39 is 0 Å². The molecule has 1 amide bonds. The summed E-state index contributed by atoms with van der Waals surface area (Å²) < 4.78 is 0. The quantitative estimate of drug-likeness (QED) is 0.840. The molecule has 2 unspecified atom stereocenters. The van der Waals surface area contributed by atoms with Gasteiger partial charge in [0.05, 0.1) is 0 Å². The van der Waals surface area contributed by atoms with Crippen molar-refractivity contribution in [3.63, 3.8) is 0 Å². The zero-order valence-electron chi connectivity index (χ0n) is 10.9. The Morgan fingerprint density at radius 3 is 2.65 bits per heavy atom. The molecule has 0 aliphatic rings. The van der Waals surface area contributed by atoms with Crippen molar-refractivity contribution in [2.75, 3.05) is 5.73 Å². The van der Waals surface area contributed by atoms with Crippen molar-refractivity contribution in [2.45, 2.75) is 40.2 Å². The van der Waals surface area contributed by atoms with Crippen LogP contribution in [0.1, 0.15) is 43.2 Å². The molecule has 94 valence electrons. The molecule has 3 N–H and O–H groups in total. The van der Waals surface area contributed by atoms with Gasteiger partial charge >= 0.3 is 0 Å². The Balaban J connectivity index is 2.76. The average Bonchev–Trinajstić information content (AvgIpc) is 2.26. The first-order valence-electron chi connectivity index (χ1n) is 5.99. The van der Waals surface area contributed by atoms with Crippen molar-refractivity contribution in [1.29, 1.82) is 0 Å². The maximum Gasteiger partial charge on any atom is 0.251 e. The summed E-state index contributed by atoms with van der Waals surface area (Å²) in [6, 6.07) is 3.50. The number of carbonyl (C=O) groups is 1. The molecule has 0 radical (unpaired) electrons. The molecule has 0 fully saturated rings. The van der Waals surface area contributed by atoms with Gasteiger partial charge in [0.25, 0.3) is 5.91 Å². The Morgan fingerprint density at radius 1 is 1.47 bits per heavy atom. The fraction of sp³-hybridized carbons (Fsp3) is 0.538. The van der Waals surface area contributed by atoms with E-state index in [-0.39, 0.29) is 11.9 Å². The molecule has 0 aliphatic carbocycles. The maximum absolute atomic E-state index is 12.0. The fourth-order valence-corrected chi connectivity index (χ4v) is 1.61. The number of aromatic nitrogens is 1. The number of rotatable bonds is 4. The lowest BCUT2D eigenvalue weighted by atomic mass is 10.0. The van der Waals surface area contributed by atoms with Crippen LogP contribution >= 0.6 is 0 Å². The largest absolute Gasteiger partial charge is 0.384 e. The van der Waals surface area contributed by atoms with Gasteiger partial charge in [-0.05, 0) is 31.9 Å². The first-order chi connectivity index (χ1) is 7.93. The summed E-state index contributed by atoms with van der Waals surface area (Å²) in [7, 11) is 0. The summed E-state index contributed by atoms with van der Waals surface area (Å²) in [5.41, 5.74) is 6.95. The van der Waals surface area contributed by atoms with Crippen molar-refractivity contribution >= 4 is 11.7 Å². The minimum atomic E-state index is -0.0880. The molecule has 1 aromatic rings. The third-order valence-electron chi connectivity index (χ3n) is 3.09. The first-order valence-corrected chi connectivity index (χ1v) is 5.99. The maximum atomic E-state index is 12.0. The van der Waals surface area contributed by atoms with Crippen LogP contribution in [0.4, 0.5) is 5.82 Å². The van der Waals surface area contributed by atoms with Crippen LogP contribution in [0.2, 0.25) is 0 Å². The Morgan fingerprint density at radius 2 is 2.12 bits per heavy atom. The van der Waals surface area contributed by atoms with E-state index in [0.717, 1.165) is 12.1 Å². The molecular weight excluding hydrogens is 214 g/mol. The predicted molar refractivity (Wildman–Crippen MR) is 69.8 cm³/mol. The zero-order valence-corrected chi connectivity index (χ0v) is 10.9. The standard InChI is InChI=1S/C13H21N3O/c1-5-8(2)10(4)16-13(17)11-6-9(3)15-12(14)7-11/h6-8,10H,5H2,1-4H3,(H2,14,15)(H,16,17). The van der Waals surface area contributed by atoms with Crippen molar-refractivity contribution < 1.29 is 4.79 Å². The van der Waals surface area contributed by atoms with Crippen LogP contribution in [0.15, 0.2) is 12.1 Å². The molecule has 4 heteroatoms. The number of pyridine rings is 1. The highest BCUT2D eigenvalue weighted by molar-refractivity contribution is 5.95. The van der Waals surface area contributed by atoms with Crippen LogP contribution in [0.3, 0.4) is 0 Å². The second-order valence-corrected chi connectivity index (χ2v) is 4.57. The van der Waals surface area contributed by atoms with Gasteiger partial charge in [-0.3, -0.25) is 4.79 Å². The van der Waals surface area contributed by atoms with Crippen molar-refractivity contribution in [1.82, 2.24) is 10.3 Å². The second kappa shape index (κ2) is 5.66. The molecule has 2 atom stereocenters. The summed E-state index contributed by atoms with van der Waals surface area (Å²) in [5.74, 6) is 0.751. The molecule has 0 aliphatic heterocycles. The van der Waals surface area contributed by atoms with E-state index >= 15 is 0 Å². The minimum Gasteiger partial charge on any atom is -0.384 e. The minimum absolute atomic E-state index is 0.0880. The van der Waals surface area contributed by atoms with E-state index in [0.29, 0.717) is 17.3 Å².